The van der Waals surface area contributed by atoms with Gasteiger partial charge in [0, 0.05) is 12.1 Å². The van der Waals surface area contributed by atoms with Crippen molar-refractivity contribution < 1.29 is 14.4 Å². The van der Waals surface area contributed by atoms with Gasteiger partial charge in [0.05, 0.1) is 19.0 Å². The van der Waals surface area contributed by atoms with E-state index in [1.54, 1.807) is 21.9 Å². The highest BCUT2D eigenvalue weighted by molar-refractivity contribution is 6.02. The van der Waals surface area contributed by atoms with Crippen molar-refractivity contribution in [3.05, 3.63) is 96.1 Å². The van der Waals surface area contributed by atoms with Gasteiger partial charge in [-0.1, -0.05) is 72.8 Å². The second kappa shape index (κ2) is 8.42. The fourth-order valence-corrected chi connectivity index (χ4v) is 4.89. The largest absolute Gasteiger partial charge is 0.330 e. The maximum Gasteiger partial charge on any atom is 0.254 e. The molecule has 0 bridgehead atoms. The molecule has 32 heavy (non-hydrogen) atoms. The van der Waals surface area contributed by atoms with Crippen LogP contribution in [0.4, 0.5) is 0 Å². The highest BCUT2D eigenvalue weighted by Crippen LogP contribution is 2.31. The lowest BCUT2D eigenvalue weighted by Gasteiger charge is -2.24. The van der Waals surface area contributed by atoms with E-state index >= 15 is 0 Å². The van der Waals surface area contributed by atoms with Crippen LogP contribution in [0.3, 0.4) is 0 Å². The topological polar surface area (TPSA) is 57.7 Å². The van der Waals surface area contributed by atoms with Gasteiger partial charge in [0.15, 0.2) is 5.78 Å². The first-order valence-electron chi connectivity index (χ1n) is 10.9. The van der Waals surface area contributed by atoms with Gasteiger partial charge >= 0.3 is 0 Å². The molecule has 5 nitrogen and oxygen atoms in total. The number of nitrogens with zero attached hydrogens (tertiary/aromatic N) is 2. The average molecular weight is 425 g/mol. The standard InChI is InChI=1S/C27H24N2O3/c30-24-18-29(27(32)21-11-5-2-6-12-21)23-14-15-28(26(23)24)25(31)17-19-8-7-13-22(16-19)20-9-3-1-4-10-20/h1-13,16,23,26H,14-15,17-18H2. The Morgan fingerprint density at radius 1 is 0.812 bits per heavy atom. The molecular weight excluding hydrogens is 400 g/mol. The molecule has 2 heterocycles. The smallest absolute Gasteiger partial charge is 0.254 e. The SMILES string of the molecule is O=C1CN(C(=O)c2ccccc2)C2CCN(C(=O)Cc3cccc(-c4ccccc4)c3)C12. The summed E-state index contributed by atoms with van der Waals surface area (Å²) in [6, 6.07) is 26.2. The number of ketones is 1. The Balaban J connectivity index is 1.31. The summed E-state index contributed by atoms with van der Waals surface area (Å²) < 4.78 is 0. The van der Waals surface area contributed by atoms with Crippen molar-refractivity contribution >= 4 is 17.6 Å². The number of amides is 2. The molecule has 2 aliphatic heterocycles. The van der Waals surface area contributed by atoms with Gasteiger partial charge in [-0.2, -0.15) is 0 Å². The molecule has 2 aliphatic rings. The van der Waals surface area contributed by atoms with E-state index in [-0.39, 0.29) is 36.6 Å². The average Bonchev–Trinajstić information content (AvgIpc) is 3.41. The fraction of sp³-hybridized carbons (Fsp3) is 0.222. The Morgan fingerprint density at radius 3 is 2.25 bits per heavy atom. The van der Waals surface area contributed by atoms with Crippen LogP contribution in [0.5, 0.6) is 0 Å². The summed E-state index contributed by atoms with van der Waals surface area (Å²) in [5, 5.41) is 0. The lowest BCUT2D eigenvalue weighted by Crippen LogP contribution is -2.44. The summed E-state index contributed by atoms with van der Waals surface area (Å²) in [6.07, 6.45) is 0.870. The third kappa shape index (κ3) is 3.71. The Kier molecular flexibility index (Phi) is 5.31. The predicted octanol–water partition coefficient (Wildman–Crippen LogP) is 3.59. The van der Waals surface area contributed by atoms with Crippen LogP contribution >= 0.6 is 0 Å². The second-order valence-corrected chi connectivity index (χ2v) is 8.40. The molecule has 5 heteroatoms. The molecular formula is C27H24N2O3. The molecule has 0 saturated carbocycles. The molecule has 3 aromatic rings. The van der Waals surface area contributed by atoms with Crippen molar-refractivity contribution in [1.82, 2.24) is 9.80 Å². The van der Waals surface area contributed by atoms with Crippen LogP contribution in [0.1, 0.15) is 22.3 Å². The van der Waals surface area contributed by atoms with Crippen LogP contribution in [-0.2, 0) is 16.0 Å². The van der Waals surface area contributed by atoms with Gasteiger partial charge in [-0.3, -0.25) is 14.4 Å². The molecule has 2 fully saturated rings. The molecule has 2 saturated heterocycles. The summed E-state index contributed by atoms with van der Waals surface area (Å²) in [5.41, 5.74) is 3.65. The van der Waals surface area contributed by atoms with Crippen molar-refractivity contribution in [2.45, 2.75) is 24.9 Å². The summed E-state index contributed by atoms with van der Waals surface area (Å²) in [4.78, 5) is 42.3. The number of Topliss-reactive ketones (excluding diaryl/α,β-unsaturated/α-hetero) is 1. The zero-order valence-corrected chi connectivity index (χ0v) is 17.7. The van der Waals surface area contributed by atoms with Crippen LogP contribution in [0.2, 0.25) is 0 Å². The summed E-state index contributed by atoms with van der Waals surface area (Å²) in [7, 11) is 0. The van der Waals surface area contributed by atoms with E-state index < -0.39 is 6.04 Å². The third-order valence-electron chi connectivity index (χ3n) is 6.41. The van der Waals surface area contributed by atoms with E-state index in [1.807, 2.05) is 72.8 Å². The Bertz CT molecular complexity index is 1160. The third-order valence-corrected chi connectivity index (χ3v) is 6.41. The highest BCUT2D eigenvalue weighted by atomic mass is 16.2. The van der Waals surface area contributed by atoms with Crippen LogP contribution < -0.4 is 0 Å². The van der Waals surface area contributed by atoms with Crippen LogP contribution in [0.25, 0.3) is 11.1 Å². The zero-order chi connectivity index (χ0) is 22.1. The molecule has 2 amide bonds. The number of benzene rings is 3. The van der Waals surface area contributed by atoms with E-state index in [4.69, 9.17) is 0 Å². The summed E-state index contributed by atoms with van der Waals surface area (Å²) in [6.45, 7) is 0.563. The lowest BCUT2D eigenvalue weighted by atomic mass is 10.0. The first kappa shape index (κ1) is 20.2. The molecule has 2 atom stereocenters. The minimum Gasteiger partial charge on any atom is -0.330 e. The monoisotopic (exact) mass is 424 g/mol. The molecule has 0 spiro atoms. The minimum atomic E-state index is -0.535. The van der Waals surface area contributed by atoms with Crippen LogP contribution in [0.15, 0.2) is 84.9 Å². The van der Waals surface area contributed by atoms with Gasteiger partial charge in [-0.25, -0.2) is 0 Å². The lowest BCUT2D eigenvalue weighted by molar-refractivity contribution is -0.135. The van der Waals surface area contributed by atoms with Gasteiger partial charge in [-0.15, -0.1) is 0 Å². The van der Waals surface area contributed by atoms with Crippen LogP contribution in [0, 0.1) is 0 Å². The molecule has 0 N–H and O–H groups in total. The number of fused-ring (bicyclic) bond motifs is 1. The summed E-state index contributed by atoms with van der Waals surface area (Å²) >= 11 is 0. The van der Waals surface area contributed by atoms with E-state index in [0.29, 0.717) is 18.5 Å². The Labute approximate surface area is 187 Å². The molecule has 2 unspecified atom stereocenters. The van der Waals surface area contributed by atoms with Gasteiger partial charge in [-0.05, 0) is 35.2 Å². The Hall–Kier alpha value is -3.73. The number of carbonyl (C=O) groups is 3. The Morgan fingerprint density at radius 2 is 1.50 bits per heavy atom. The molecule has 5 rings (SSSR count). The van der Waals surface area contributed by atoms with Gasteiger partial charge in [0.1, 0.15) is 6.04 Å². The van der Waals surface area contributed by atoms with E-state index in [1.165, 1.54) is 0 Å². The van der Waals surface area contributed by atoms with Crippen LogP contribution in [-0.4, -0.2) is 52.6 Å². The molecule has 0 aromatic heterocycles. The zero-order valence-electron chi connectivity index (χ0n) is 17.7. The number of hydrogen-bond acceptors (Lipinski definition) is 3. The van der Waals surface area contributed by atoms with Crippen molar-refractivity contribution in [3.63, 3.8) is 0 Å². The first-order valence-corrected chi connectivity index (χ1v) is 10.9. The fourth-order valence-electron chi connectivity index (χ4n) is 4.89. The summed E-state index contributed by atoms with van der Waals surface area (Å²) in [5.74, 6) is -0.260. The maximum absolute atomic E-state index is 13.2. The molecule has 0 aliphatic carbocycles. The number of hydrogen-bond donors (Lipinski definition) is 0. The number of rotatable bonds is 4. The highest BCUT2D eigenvalue weighted by Gasteiger charge is 2.51. The second-order valence-electron chi connectivity index (χ2n) is 8.40. The molecule has 0 radical (unpaired) electrons. The first-order chi connectivity index (χ1) is 15.6. The number of likely N-dealkylation sites (tertiary alicyclic amines) is 2. The van der Waals surface area contributed by atoms with E-state index in [2.05, 4.69) is 0 Å². The normalized spacial score (nSPS) is 19.8. The van der Waals surface area contributed by atoms with Gasteiger partial charge < -0.3 is 9.80 Å². The van der Waals surface area contributed by atoms with Crippen molar-refractivity contribution in [1.29, 1.82) is 0 Å². The number of carbonyl (C=O) groups excluding carboxylic acids is 3. The predicted molar refractivity (Wildman–Crippen MR) is 122 cm³/mol. The van der Waals surface area contributed by atoms with Gasteiger partial charge in [0.25, 0.3) is 5.91 Å². The molecule has 160 valence electrons. The van der Waals surface area contributed by atoms with Crippen molar-refractivity contribution in [3.8, 4) is 11.1 Å². The quantitative estimate of drug-likeness (QED) is 0.643. The molecule has 3 aromatic carbocycles. The van der Waals surface area contributed by atoms with Gasteiger partial charge in [0.2, 0.25) is 5.91 Å². The van der Waals surface area contributed by atoms with Crippen molar-refractivity contribution in [2.24, 2.45) is 0 Å². The maximum atomic E-state index is 13.2. The van der Waals surface area contributed by atoms with E-state index in [0.717, 1.165) is 16.7 Å². The minimum absolute atomic E-state index is 0.0526. The van der Waals surface area contributed by atoms with E-state index in [9.17, 15) is 14.4 Å². The van der Waals surface area contributed by atoms with Crippen molar-refractivity contribution in [2.75, 3.05) is 13.1 Å².